The Hall–Kier alpha value is -3.08. The van der Waals surface area contributed by atoms with E-state index >= 15 is 0 Å². The van der Waals surface area contributed by atoms with Crippen LogP contribution in [0.1, 0.15) is 16.8 Å². The lowest BCUT2D eigenvalue weighted by molar-refractivity contribution is -0.134. The number of aromatic amines is 1. The van der Waals surface area contributed by atoms with E-state index in [0.29, 0.717) is 18.8 Å². The van der Waals surface area contributed by atoms with E-state index in [2.05, 4.69) is 29.3 Å². The number of aromatic nitrogens is 2. The van der Waals surface area contributed by atoms with Gasteiger partial charge in [0.1, 0.15) is 5.75 Å². The fraction of sp³-hybridized carbons (Fsp3) is 0.200. The Labute approximate surface area is 146 Å². The van der Waals surface area contributed by atoms with E-state index in [4.69, 9.17) is 4.74 Å². The van der Waals surface area contributed by atoms with E-state index in [0.717, 1.165) is 22.5 Å². The van der Waals surface area contributed by atoms with Crippen LogP contribution in [-0.2, 0) is 17.9 Å². The summed E-state index contributed by atoms with van der Waals surface area (Å²) in [7, 11) is 0. The van der Waals surface area contributed by atoms with Crippen molar-refractivity contribution in [2.45, 2.75) is 20.0 Å². The number of benzene rings is 2. The standard InChI is InChI=1S/C20H19N3O2/c1-14-7-5-6-10-16(14)20-17-11-23(12-18(17)21-22-20)19(24)13-25-15-8-3-2-4-9-15/h2-10H,11-13H2,1H3,(H,21,22). The van der Waals surface area contributed by atoms with Crippen molar-refractivity contribution in [1.29, 1.82) is 0 Å². The number of hydrogen-bond donors (Lipinski definition) is 1. The molecule has 25 heavy (non-hydrogen) atoms. The number of H-pyrrole nitrogens is 1. The van der Waals surface area contributed by atoms with Gasteiger partial charge in [-0.25, -0.2) is 0 Å². The monoisotopic (exact) mass is 333 g/mol. The predicted octanol–water partition coefficient (Wildman–Crippen LogP) is 3.31. The van der Waals surface area contributed by atoms with Gasteiger partial charge in [-0.3, -0.25) is 9.89 Å². The molecule has 4 rings (SSSR count). The van der Waals surface area contributed by atoms with Crippen molar-refractivity contribution in [1.82, 2.24) is 15.1 Å². The summed E-state index contributed by atoms with van der Waals surface area (Å²) in [6, 6.07) is 17.6. The van der Waals surface area contributed by atoms with E-state index in [-0.39, 0.29) is 12.5 Å². The summed E-state index contributed by atoms with van der Waals surface area (Å²) in [5, 5.41) is 7.55. The van der Waals surface area contributed by atoms with Gasteiger partial charge < -0.3 is 9.64 Å². The number of carbonyl (C=O) groups excluding carboxylic acids is 1. The molecule has 5 heteroatoms. The normalized spacial score (nSPS) is 12.9. The quantitative estimate of drug-likeness (QED) is 0.797. The lowest BCUT2D eigenvalue weighted by Gasteiger charge is -2.16. The van der Waals surface area contributed by atoms with Crippen molar-refractivity contribution in [3.8, 4) is 17.0 Å². The van der Waals surface area contributed by atoms with Gasteiger partial charge in [0.25, 0.3) is 5.91 Å². The number of fused-ring (bicyclic) bond motifs is 1. The molecule has 0 atom stereocenters. The third-order valence-corrected chi connectivity index (χ3v) is 4.51. The Kier molecular flexibility index (Phi) is 3.98. The van der Waals surface area contributed by atoms with Crippen LogP contribution < -0.4 is 4.74 Å². The van der Waals surface area contributed by atoms with Crippen molar-refractivity contribution in [3.05, 3.63) is 71.4 Å². The molecule has 0 bridgehead atoms. The van der Waals surface area contributed by atoms with Gasteiger partial charge in [-0.15, -0.1) is 0 Å². The third-order valence-electron chi connectivity index (χ3n) is 4.51. The molecule has 0 unspecified atom stereocenters. The molecule has 0 radical (unpaired) electrons. The van der Waals surface area contributed by atoms with Crippen molar-refractivity contribution in [3.63, 3.8) is 0 Å². The number of nitrogens with one attached hydrogen (secondary N) is 1. The molecule has 1 amide bonds. The minimum Gasteiger partial charge on any atom is -0.484 e. The number of nitrogens with zero attached hydrogens (tertiary/aromatic N) is 2. The van der Waals surface area contributed by atoms with Crippen LogP contribution >= 0.6 is 0 Å². The first-order valence-corrected chi connectivity index (χ1v) is 8.30. The smallest absolute Gasteiger partial charge is 0.261 e. The number of aryl methyl sites for hydroxylation is 1. The van der Waals surface area contributed by atoms with Crippen LogP contribution in [0.4, 0.5) is 0 Å². The molecule has 3 aromatic rings. The van der Waals surface area contributed by atoms with Gasteiger partial charge in [-0.2, -0.15) is 5.10 Å². The maximum atomic E-state index is 12.5. The molecule has 0 aliphatic carbocycles. The minimum absolute atomic E-state index is 0.0239. The zero-order valence-electron chi connectivity index (χ0n) is 14.0. The van der Waals surface area contributed by atoms with Gasteiger partial charge in [-0.05, 0) is 24.6 Å². The zero-order valence-corrected chi connectivity index (χ0v) is 14.0. The number of ether oxygens (including phenoxy) is 1. The number of rotatable bonds is 4. The minimum atomic E-state index is -0.0239. The van der Waals surface area contributed by atoms with Crippen LogP contribution in [0, 0.1) is 6.92 Å². The lowest BCUT2D eigenvalue weighted by Crippen LogP contribution is -2.30. The summed E-state index contributed by atoms with van der Waals surface area (Å²) in [5.74, 6) is 0.681. The summed E-state index contributed by atoms with van der Waals surface area (Å²) in [6.07, 6.45) is 0. The fourth-order valence-corrected chi connectivity index (χ4v) is 3.13. The topological polar surface area (TPSA) is 58.2 Å². The van der Waals surface area contributed by atoms with Crippen molar-refractivity contribution >= 4 is 5.91 Å². The molecule has 1 aliphatic rings. The molecule has 0 saturated heterocycles. The van der Waals surface area contributed by atoms with E-state index < -0.39 is 0 Å². The zero-order chi connectivity index (χ0) is 17.2. The highest BCUT2D eigenvalue weighted by atomic mass is 16.5. The highest BCUT2D eigenvalue weighted by Crippen LogP contribution is 2.32. The summed E-state index contributed by atoms with van der Waals surface area (Å²) < 4.78 is 5.57. The maximum absolute atomic E-state index is 12.5. The van der Waals surface area contributed by atoms with Gasteiger partial charge in [-0.1, -0.05) is 42.5 Å². The van der Waals surface area contributed by atoms with Crippen LogP contribution in [0.5, 0.6) is 5.75 Å². The first kappa shape index (κ1) is 15.4. The SMILES string of the molecule is Cc1ccccc1-c1n[nH]c2c1CN(C(=O)COc1ccccc1)C2. The van der Waals surface area contributed by atoms with Crippen LogP contribution in [0.3, 0.4) is 0 Å². The Bertz CT molecular complexity index is 902. The average Bonchev–Trinajstić information content (AvgIpc) is 3.22. The Morgan fingerprint density at radius 3 is 2.68 bits per heavy atom. The van der Waals surface area contributed by atoms with Gasteiger partial charge in [0.05, 0.1) is 24.5 Å². The lowest BCUT2D eigenvalue weighted by atomic mass is 10.0. The van der Waals surface area contributed by atoms with Crippen molar-refractivity contribution < 1.29 is 9.53 Å². The van der Waals surface area contributed by atoms with Gasteiger partial charge >= 0.3 is 0 Å². The second kappa shape index (κ2) is 6.43. The second-order valence-electron chi connectivity index (χ2n) is 6.20. The molecule has 126 valence electrons. The van der Waals surface area contributed by atoms with Crippen molar-refractivity contribution in [2.24, 2.45) is 0 Å². The van der Waals surface area contributed by atoms with Crippen molar-refractivity contribution in [2.75, 3.05) is 6.61 Å². The number of hydrogen-bond acceptors (Lipinski definition) is 3. The van der Waals surface area contributed by atoms with Gasteiger partial charge in [0, 0.05) is 11.1 Å². The second-order valence-corrected chi connectivity index (χ2v) is 6.20. The Balaban J connectivity index is 1.47. The van der Waals surface area contributed by atoms with Crippen LogP contribution in [0.15, 0.2) is 54.6 Å². The number of carbonyl (C=O) groups is 1. The summed E-state index contributed by atoms with van der Waals surface area (Å²) in [5.41, 5.74) is 5.32. The molecule has 0 fully saturated rings. The van der Waals surface area contributed by atoms with Crippen LogP contribution in [0.25, 0.3) is 11.3 Å². The molecule has 0 saturated carbocycles. The maximum Gasteiger partial charge on any atom is 0.261 e. The molecule has 2 aromatic carbocycles. The molecule has 1 aliphatic heterocycles. The average molecular weight is 333 g/mol. The Morgan fingerprint density at radius 1 is 1.12 bits per heavy atom. The highest BCUT2D eigenvalue weighted by Gasteiger charge is 2.29. The number of para-hydroxylation sites is 1. The Morgan fingerprint density at radius 2 is 1.88 bits per heavy atom. The molecular formula is C20H19N3O2. The van der Waals surface area contributed by atoms with E-state index in [1.807, 2.05) is 42.5 Å². The summed E-state index contributed by atoms with van der Waals surface area (Å²) >= 11 is 0. The van der Waals surface area contributed by atoms with E-state index in [9.17, 15) is 4.79 Å². The predicted molar refractivity (Wildman–Crippen MR) is 95.0 cm³/mol. The summed E-state index contributed by atoms with van der Waals surface area (Å²) in [6.45, 7) is 3.22. The third kappa shape index (κ3) is 3.01. The molecule has 2 heterocycles. The van der Waals surface area contributed by atoms with Gasteiger partial charge in [0.2, 0.25) is 0 Å². The number of amides is 1. The molecule has 1 N–H and O–H groups in total. The molecule has 1 aromatic heterocycles. The largest absolute Gasteiger partial charge is 0.484 e. The van der Waals surface area contributed by atoms with Gasteiger partial charge in [0.15, 0.2) is 6.61 Å². The first-order chi connectivity index (χ1) is 12.2. The molecular weight excluding hydrogens is 314 g/mol. The van der Waals surface area contributed by atoms with Crippen LogP contribution in [-0.4, -0.2) is 27.6 Å². The molecule has 5 nitrogen and oxygen atoms in total. The van der Waals surface area contributed by atoms with Crippen LogP contribution in [0.2, 0.25) is 0 Å². The first-order valence-electron chi connectivity index (χ1n) is 8.30. The highest BCUT2D eigenvalue weighted by molar-refractivity contribution is 5.79. The fourth-order valence-electron chi connectivity index (χ4n) is 3.13. The molecule has 0 spiro atoms. The van der Waals surface area contributed by atoms with E-state index in [1.165, 1.54) is 5.56 Å². The summed E-state index contributed by atoms with van der Waals surface area (Å²) in [4.78, 5) is 14.3. The van der Waals surface area contributed by atoms with E-state index in [1.54, 1.807) is 4.90 Å².